The van der Waals surface area contributed by atoms with Gasteiger partial charge in [0.05, 0.1) is 32.1 Å². The fraction of sp³-hybridized carbons (Fsp3) is 0.524. The van der Waals surface area contributed by atoms with Crippen molar-refractivity contribution < 1.29 is 19.1 Å². The molecule has 0 radical (unpaired) electrons. The lowest BCUT2D eigenvalue weighted by atomic mass is 10.0. The normalized spacial score (nSPS) is 15.1. The van der Waals surface area contributed by atoms with Gasteiger partial charge in [0.2, 0.25) is 5.91 Å². The average Bonchev–Trinajstić information content (AvgIpc) is 3.15. The molecule has 10 heteroatoms. The number of ether oxygens (including phenoxy) is 2. The third-order valence-corrected chi connectivity index (χ3v) is 6.15. The number of hydrogen-bond donors (Lipinski definition) is 1. The maximum atomic E-state index is 12.8. The van der Waals surface area contributed by atoms with E-state index in [9.17, 15) is 9.59 Å². The van der Waals surface area contributed by atoms with E-state index in [2.05, 4.69) is 15.5 Å². The first-order valence-electron chi connectivity index (χ1n) is 10.2. The van der Waals surface area contributed by atoms with Crippen molar-refractivity contribution in [3.63, 3.8) is 0 Å². The van der Waals surface area contributed by atoms with Crippen LogP contribution >= 0.6 is 11.8 Å². The Labute approximate surface area is 186 Å². The first kappa shape index (κ1) is 23.1. The molecule has 168 valence electrons. The van der Waals surface area contributed by atoms with Crippen molar-refractivity contribution in [3.8, 4) is 5.75 Å². The summed E-state index contributed by atoms with van der Waals surface area (Å²) in [5.74, 6) is 1.60. The summed E-state index contributed by atoms with van der Waals surface area (Å²) in [5.41, 5.74) is 0.541. The average molecular weight is 448 g/mol. The van der Waals surface area contributed by atoms with Gasteiger partial charge in [0.1, 0.15) is 5.75 Å². The minimum atomic E-state index is -0.323. The van der Waals surface area contributed by atoms with Crippen LogP contribution in [0.2, 0.25) is 0 Å². The molecule has 0 spiro atoms. The molecule has 1 saturated heterocycles. The Morgan fingerprint density at radius 2 is 1.87 bits per heavy atom. The first-order chi connectivity index (χ1) is 14.9. The summed E-state index contributed by atoms with van der Waals surface area (Å²) < 4.78 is 12.3. The van der Waals surface area contributed by atoms with E-state index >= 15 is 0 Å². The van der Waals surface area contributed by atoms with Crippen LogP contribution < -0.4 is 10.1 Å². The number of hydrogen-bond acceptors (Lipinski definition) is 7. The zero-order valence-electron chi connectivity index (χ0n) is 18.3. The van der Waals surface area contributed by atoms with Crippen LogP contribution in [0.3, 0.4) is 0 Å². The highest BCUT2D eigenvalue weighted by Crippen LogP contribution is 2.25. The molecule has 0 unspecified atom stereocenters. The van der Waals surface area contributed by atoms with Crippen molar-refractivity contribution in [2.45, 2.75) is 25.0 Å². The standard InChI is InChI=1S/C21H29N5O4S/c1-14(2)18(22-20(28)15-5-7-16(29-4)8-6-15)19-23-24-21(25(19)3)31-13-17(27)26-9-11-30-12-10-26/h5-8,14,18H,9-13H2,1-4H3,(H,22,28)/t18-/m0/s1. The molecule has 1 N–H and O–H groups in total. The molecule has 2 heterocycles. The van der Waals surface area contributed by atoms with E-state index < -0.39 is 0 Å². The van der Waals surface area contributed by atoms with E-state index in [1.807, 2.05) is 25.5 Å². The molecule has 1 fully saturated rings. The largest absolute Gasteiger partial charge is 0.497 e. The second-order valence-electron chi connectivity index (χ2n) is 7.61. The second kappa shape index (κ2) is 10.6. The van der Waals surface area contributed by atoms with Crippen molar-refractivity contribution in [2.75, 3.05) is 39.2 Å². The maximum Gasteiger partial charge on any atom is 0.251 e. The number of aromatic nitrogens is 3. The van der Waals surface area contributed by atoms with E-state index in [4.69, 9.17) is 9.47 Å². The maximum absolute atomic E-state index is 12.8. The summed E-state index contributed by atoms with van der Waals surface area (Å²) in [4.78, 5) is 27.0. The highest BCUT2D eigenvalue weighted by Gasteiger charge is 2.26. The van der Waals surface area contributed by atoms with Gasteiger partial charge in [0.15, 0.2) is 11.0 Å². The van der Waals surface area contributed by atoms with E-state index in [1.54, 1.807) is 36.3 Å². The summed E-state index contributed by atoms with van der Waals surface area (Å²) in [6, 6.07) is 6.63. The van der Waals surface area contributed by atoms with Crippen molar-refractivity contribution in [1.29, 1.82) is 0 Å². The summed E-state index contributed by atoms with van der Waals surface area (Å²) >= 11 is 1.35. The Hall–Kier alpha value is -2.59. The van der Waals surface area contributed by atoms with Crippen LogP contribution in [0.15, 0.2) is 29.4 Å². The summed E-state index contributed by atoms with van der Waals surface area (Å²) in [6.45, 7) is 6.43. The Balaban J connectivity index is 1.66. The van der Waals surface area contributed by atoms with Crippen LogP contribution in [0, 0.1) is 5.92 Å². The third kappa shape index (κ3) is 5.76. The van der Waals surface area contributed by atoms with E-state index in [0.29, 0.717) is 48.6 Å². The van der Waals surface area contributed by atoms with Gasteiger partial charge in [0, 0.05) is 25.7 Å². The Bertz CT molecular complexity index is 894. The minimum absolute atomic E-state index is 0.0612. The van der Waals surface area contributed by atoms with Gasteiger partial charge < -0.3 is 24.3 Å². The smallest absolute Gasteiger partial charge is 0.251 e. The number of morpholine rings is 1. The Morgan fingerprint density at radius 1 is 1.19 bits per heavy atom. The van der Waals surface area contributed by atoms with Crippen molar-refractivity contribution in [2.24, 2.45) is 13.0 Å². The fourth-order valence-electron chi connectivity index (χ4n) is 3.25. The van der Waals surface area contributed by atoms with Crippen LogP contribution in [0.1, 0.15) is 36.1 Å². The molecule has 0 bridgehead atoms. The molecule has 1 aromatic heterocycles. The van der Waals surface area contributed by atoms with Crippen LogP contribution in [0.5, 0.6) is 5.75 Å². The number of thioether (sulfide) groups is 1. The van der Waals surface area contributed by atoms with E-state index in [1.165, 1.54) is 11.8 Å². The number of rotatable bonds is 8. The number of carbonyl (C=O) groups excluding carboxylic acids is 2. The van der Waals surface area contributed by atoms with E-state index in [0.717, 1.165) is 0 Å². The monoisotopic (exact) mass is 447 g/mol. The zero-order chi connectivity index (χ0) is 22.4. The van der Waals surface area contributed by atoms with Crippen molar-refractivity contribution >= 4 is 23.6 Å². The number of amides is 2. The van der Waals surface area contributed by atoms with Gasteiger partial charge in [-0.2, -0.15) is 0 Å². The first-order valence-corrected chi connectivity index (χ1v) is 11.2. The van der Waals surface area contributed by atoms with Crippen LogP contribution in [0.25, 0.3) is 0 Å². The van der Waals surface area contributed by atoms with Gasteiger partial charge in [-0.05, 0) is 30.2 Å². The summed E-state index contributed by atoms with van der Waals surface area (Å²) in [6.07, 6.45) is 0. The van der Waals surface area contributed by atoms with Crippen LogP contribution in [0.4, 0.5) is 0 Å². The SMILES string of the molecule is COc1ccc(C(=O)N[C@H](c2nnc(SCC(=O)N3CCOCC3)n2C)C(C)C)cc1. The lowest BCUT2D eigenvalue weighted by molar-refractivity contribution is -0.132. The summed E-state index contributed by atoms with van der Waals surface area (Å²) in [7, 11) is 3.44. The Kier molecular flexibility index (Phi) is 7.91. The van der Waals surface area contributed by atoms with Crippen molar-refractivity contribution in [1.82, 2.24) is 25.0 Å². The summed E-state index contributed by atoms with van der Waals surface area (Å²) in [5, 5.41) is 12.3. The predicted octanol–water partition coefficient (Wildman–Crippen LogP) is 1.90. The quantitative estimate of drug-likeness (QED) is 0.617. The van der Waals surface area contributed by atoms with Gasteiger partial charge in [-0.1, -0.05) is 25.6 Å². The van der Waals surface area contributed by atoms with Crippen LogP contribution in [-0.2, 0) is 16.6 Å². The molecule has 0 saturated carbocycles. The fourth-order valence-corrected chi connectivity index (χ4v) is 4.07. The van der Waals surface area contributed by atoms with Gasteiger partial charge in [-0.3, -0.25) is 9.59 Å². The predicted molar refractivity (Wildman–Crippen MR) is 117 cm³/mol. The number of nitrogens with zero attached hydrogens (tertiary/aromatic N) is 4. The molecule has 0 aliphatic carbocycles. The highest BCUT2D eigenvalue weighted by molar-refractivity contribution is 7.99. The van der Waals surface area contributed by atoms with E-state index in [-0.39, 0.29) is 29.5 Å². The minimum Gasteiger partial charge on any atom is -0.497 e. The molecule has 1 atom stereocenters. The van der Waals surface area contributed by atoms with Gasteiger partial charge in [0.25, 0.3) is 5.91 Å². The van der Waals surface area contributed by atoms with Gasteiger partial charge in [-0.15, -0.1) is 10.2 Å². The lowest BCUT2D eigenvalue weighted by Crippen LogP contribution is -2.41. The lowest BCUT2D eigenvalue weighted by Gasteiger charge is -2.26. The third-order valence-electron chi connectivity index (χ3n) is 5.14. The molecule has 2 aromatic rings. The number of nitrogens with one attached hydrogen (secondary N) is 1. The molecule has 1 aliphatic rings. The molecule has 9 nitrogen and oxygen atoms in total. The number of benzene rings is 1. The van der Waals surface area contributed by atoms with Crippen LogP contribution in [-0.4, -0.2) is 70.6 Å². The molecular weight excluding hydrogens is 418 g/mol. The van der Waals surface area contributed by atoms with Crippen molar-refractivity contribution in [3.05, 3.63) is 35.7 Å². The topological polar surface area (TPSA) is 98.6 Å². The molecule has 31 heavy (non-hydrogen) atoms. The molecule has 2 amide bonds. The zero-order valence-corrected chi connectivity index (χ0v) is 19.1. The second-order valence-corrected chi connectivity index (χ2v) is 8.55. The number of methoxy groups -OCH3 is 1. The van der Waals surface area contributed by atoms with Gasteiger partial charge >= 0.3 is 0 Å². The molecule has 1 aromatic carbocycles. The van der Waals surface area contributed by atoms with Gasteiger partial charge in [-0.25, -0.2) is 0 Å². The molecular formula is C21H29N5O4S. The molecule has 1 aliphatic heterocycles. The highest BCUT2D eigenvalue weighted by atomic mass is 32.2. The Morgan fingerprint density at radius 3 is 2.48 bits per heavy atom. The molecule has 3 rings (SSSR count). The number of carbonyl (C=O) groups is 2.